The zero-order valence-electron chi connectivity index (χ0n) is 12.4. The van der Waals surface area contributed by atoms with Crippen LogP contribution in [0.25, 0.3) is 10.9 Å². The van der Waals surface area contributed by atoms with Gasteiger partial charge in [0.2, 0.25) is 5.91 Å². The standard InChI is InChI=1S/C16H18N4O/c1-4-20(3)16(21)11(2)18-15-9-12(10-17)13-7-5-6-8-14(13)19-15/h5-9,11H,4H2,1-3H3,(H,18,19). The Bertz CT molecular complexity index is 705. The van der Waals surface area contributed by atoms with Gasteiger partial charge in [-0.3, -0.25) is 4.79 Å². The van der Waals surface area contributed by atoms with Gasteiger partial charge < -0.3 is 10.2 Å². The van der Waals surface area contributed by atoms with Gasteiger partial charge in [-0.15, -0.1) is 0 Å². The van der Waals surface area contributed by atoms with Crippen LogP contribution >= 0.6 is 0 Å². The van der Waals surface area contributed by atoms with Gasteiger partial charge in [0.05, 0.1) is 17.1 Å². The Hall–Kier alpha value is -2.61. The number of nitrogens with zero attached hydrogens (tertiary/aromatic N) is 3. The van der Waals surface area contributed by atoms with E-state index in [0.717, 1.165) is 10.9 Å². The number of nitrogens with one attached hydrogen (secondary N) is 1. The summed E-state index contributed by atoms with van der Waals surface area (Å²) in [4.78, 5) is 18.2. The zero-order chi connectivity index (χ0) is 15.4. The Morgan fingerprint density at radius 1 is 1.48 bits per heavy atom. The SMILES string of the molecule is CCN(C)C(=O)C(C)Nc1cc(C#N)c2ccccc2n1. The van der Waals surface area contributed by atoms with E-state index in [0.29, 0.717) is 17.9 Å². The van der Waals surface area contributed by atoms with E-state index in [-0.39, 0.29) is 5.91 Å². The third-order valence-electron chi connectivity index (χ3n) is 3.42. The Morgan fingerprint density at radius 3 is 2.86 bits per heavy atom. The van der Waals surface area contributed by atoms with Crippen LogP contribution in [-0.4, -0.2) is 35.4 Å². The summed E-state index contributed by atoms with van der Waals surface area (Å²) in [5.74, 6) is 0.529. The highest BCUT2D eigenvalue weighted by Gasteiger charge is 2.17. The fourth-order valence-corrected chi connectivity index (χ4v) is 2.11. The molecule has 0 saturated carbocycles. The minimum Gasteiger partial charge on any atom is -0.359 e. The van der Waals surface area contributed by atoms with Gasteiger partial charge in [-0.1, -0.05) is 18.2 Å². The minimum absolute atomic E-state index is 0.00836. The number of hydrogen-bond acceptors (Lipinski definition) is 4. The number of likely N-dealkylation sites (N-methyl/N-ethyl adjacent to an activating group) is 1. The average Bonchev–Trinajstić information content (AvgIpc) is 2.52. The first-order valence-corrected chi connectivity index (χ1v) is 6.88. The summed E-state index contributed by atoms with van der Waals surface area (Å²) in [5.41, 5.74) is 1.29. The van der Waals surface area contributed by atoms with E-state index < -0.39 is 6.04 Å². The van der Waals surface area contributed by atoms with Gasteiger partial charge in [-0.05, 0) is 26.0 Å². The first kappa shape index (κ1) is 14.8. The quantitative estimate of drug-likeness (QED) is 0.934. The summed E-state index contributed by atoms with van der Waals surface area (Å²) in [6.07, 6.45) is 0. The summed E-state index contributed by atoms with van der Waals surface area (Å²) >= 11 is 0. The molecule has 0 aliphatic heterocycles. The topological polar surface area (TPSA) is 69.0 Å². The summed E-state index contributed by atoms with van der Waals surface area (Å²) in [6.45, 7) is 4.36. The maximum absolute atomic E-state index is 12.1. The lowest BCUT2D eigenvalue weighted by molar-refractivity contribution is -0.130. The molecule has 0 radical (unpaired) electrons. The van der Waals surface area contributed by atoms with Crippen LogP contribution in [0.4, 0.5) is 5.82 Å². The van der Waals surface area contributed by atoms with E-state index >= 15 is 0 Å². The van der Waals surface area contributed by atoms with Crippen molar-refractivity contribution < 1.29 is 4.79 Å². The highest BCUT2D eigenvalue weighted by molar-refractivity contribution is 5.88. The number of aromatic nitrogens is 1. The van der Waals surface area contributed by atoms with Crippen LogP contribution in [0.3, 0.4) is 0 Å². The summed E-state index contributed by atoms with van der Waals surface area (Å²) in [6, 6.07) is 10.9. The Morgan fingerprint density at radius 2 is 2.19 bits per heavy atom. The van der Waals surface area contributed by atoms with E-state index in [2.05, 4.69) is 16.4 Å². The van der Waals surface area contributed by atoms with Gasteiger partial charge in [-0.2, -0.15) is 5.26 Å². The number of carbonyl (C=O) groups excluding carboxylic acids is 1. The van der Waals surface area contributed by atoms with Crippen LogP contribution in [-0.2, 0) is 4.79 Å². The highest BCUT2D eigenvalue weighted by Crippen LogP contribution is 2.20. The molecule has 0 fully saturated rings. The number of hydrogen-bond donors (Lipinski definition) is 1. The van der Waals surface area contributed by atoms with Crippen molar-refractivity contribution in [3.8, 4) is 6.07 Å². The number of fused-ring (bicyclic) bond motifs is 1. The Kier molecular flexibility index (Phi) is 4.39. The number of carbonyl (C=O) groups is 1. The van der Waals surface area contributed by atoms with E-state index in [1.54, 1.807) is 24.9 Å². The molecule has 1 atom stereocenters. The van der Waals surface area contributed by atoms with Crippen molar-refractivity contribution in [2.45, 2.75) is 19.9 Å². The number of rotatable bonds is 4. The number of pyridine rings is 1. The van der Waals surface area contributed by atoms with E-state index in [4.69, 9.17) is 0 Å². The molecule has 108 valence electrons. The molecule has 0 bridgehead atoms. The molecule has 0 spiro atoms. The molecular weight excluding hydrogens is 264 g/mol. The molecule has 0 saturated heterocycles. The Labute approximate surface area is 124 Å². The lowest BCUT2D eigenvalue weighted by Gasteiger charge is -2.21. The van der Waals surface area contributed by atoms with Crippen molar-refractivity contribution >= 4 is 22.6 Å². The van der Waals surface area contributed by atoms with Gasteiger partial charge >= 0.3 is 0 Å². The van der Waals surface area contributed by atoms with Crippen molar-refractivity contribution in [1.29, 1.82) is 5.26 Å². The summed E-state index contributed by atoms with van der Waals surface area (Å²) < 4.78 is 0. The van der Waals surface area contributed by atoms with Crippen molar-refractivity contribution in [2.24, 2.45) is 0 Å². The molecule has 21 heavy (non-hydrogen) atoms. The number of para-hydroxylation sites is 1. The third-order valence-corrected chi connectivity index (χ3v) is 3.42. The zero-order valence-corrected chi connectivity index (χ0v) is 12.4. The van der Waals surface area contributed by atoms with Crippen LogP contribution in [0.1, 0.15) is 19.4 Å². The van der Waals surface area contributed by atoms with Gasteiger partial charge in [0, 0.05) is 19.0 Å². The van der Waals surface area contributed by atoms with Crippen molar-refractivity contribution in [3.63, 3.8) is 0 Å². The number of amides is 1. The average molecular weight is 282 g/mol. The highest BCUT2D eigenvalue weighted by atomic mass is 16.2. The minimum atomic E-state index is -0.393. The predicted octanol–water partition coefficient (Wildman–Crippen LogP) is 2.39. The Balaban J connectivity index is 2.31. The van der Waals surface area contributed by atoms with Crippen LogP contribution in [0.15, 0.2) is 30.3 Å². The number of nitriles is 1. The van der Waals surface area contributed by atoms with Crippen LogP contribution < -0.4 is 5.32 Å². The molecule has 1 aromatic carbocycles. The second-order valence-electron chi connectivity index (χ2n) is 4.90. The van der Waals surface area contributed by atoms with Crippen molar-refractivity contribution in [3.05, 3.63) is 35.9 Å². The smallest absolute Gasteiger partial charge is 0.244 e. The maximum Gasteiger partial charge on any atom is 0.244 e. The summed E-state index contributed by atoms with van der Waals surface area (Å²) in [5, 5.41) is 13.1. The lowest BCUT2D eigenvalue weighted by Crippen LogP contribution is -2.39. The fraction of sp³-hybridized carbons (Fsp3) is 0.312. The largest absolute Gasteiger partial charge is 0.359 e. The number of anilines is 1. The molecular formula is C16H18N4O. The van der Waals surface area contributed by atoms with Crippen LogP contribution in [0, 0.1) is 11.3 Å². The second-order valence-corrected chi connectivity index (χ2v) is 4.90. The number of benzene rings is 1. The molecule has 1 heterocycles. The molecule has 0 aliphatic carbocycles. The van der Waals surface area contributed by atoms with Gasteiger partial charge in [-0.25, -0.2) is 4.98 Å². The molecule has 1 N–H and O–H groups in total. The first-order chi connectivity index (χ1) is 10.1. The lowest BCUT2D eigenvalue weighted by atomic mass is 10.1. The molecule has 1 unspecified atom stereocenters. The van der Waals surface area contributed by atoms with Gasteiger partial charge in [0.1, 0.15) is 11.9 Å². The van der Waals surface area contributed by atoms with Crippen molar-refractivity contribution in [1.82, 2.24) is 9.88 Å². The fourth-order valence-electron chi connectivity index (χ4n) is 2.11. The van der Waals surface area contributed by atoms with E-state index in [1.807, 2.05) is 31.2 Å². The molecule has 5 nitrogen and oxygen atoms in total. The molecule has 0 aliphatic rings. The van der Waals surface area contributed by atoms with Gasteiger partial charge in [0.15, 0.2) is 0 Å². The molecule has 5 heteroatoms. The molecule has 2 aromatic rings. The van der Waals surface area contributed by atoms with Crippen LogP contribution in [0.2, 0.25) is 0 Å². The van der Waals surface area contributed by atoms with E-state index in [9.17, 15) is 10.1 Å². The maximum atomic E-state index is 12.1. The normalized spacial score (nSPS) is 11.7. The molecule has 1 amide bonds. The third kappa shape index (κ3) is 3.11. The summed E-state index contributed by atoms with van der Waals surface area (Å²) in [7, 11) is 1.76. The first-order valence-electron chi connectivity index (χ1n) is 6.88. The van der Waals surface area contributed by atoms with E-state index in [1.165, 1.54) is 0 Å². The van der Waals surface area contributed by atoms with Crippen LogP contribution in [0.5, 0.6) is 0 Å². The molecule has 1 aromatic heterocycles. The second kappa shape index (κ2) is 6.23. The van der Waals surface area contributed by atoms with Crippen molar-refractivity contribution in [2.75, 3.05) is 18.9 Å². The predicted molar refractivity (Wildman–Crippen MR) is 82.9 cm³/mol. The van der Waals surface area contributed by atoms with Gasteiger partial charge in [0.25, 0.3) is 0 Å². The molecule has 2 rings (SSSR count). The monoisotopic (exact) mass is 282 g/mol.